The molecule has 8 heteroatoms. The van der Waals surface area contributed by atoms with Crippen LogP contribution in [-0.2, 0) is 20.9 Å². The molecule has 2 N–H and O–H groups in total. The second-order valence-electron chi connectivity index (χ2n) is 8.03. The van der Waals surface area contributed by atoms with E-state index in [1.807, 2.05) is 42.5 Å². The van der Waals surface area contributed by atoms with Crippen molar-refractivity contribution in [2.45, 2.75) is 32.4 Å². The molecule has 0 spiro atoms. The molecule has 0 radical (unpaired) electrons. The number of nitrogens with one attached hydrogen (secondary N) is 2. The summed E-state index contributed by atoms with van der Waals surface area (Å²) >= 11 is 0. The molecule has 1 saturated heterocycles. The number of carbonyl (C=O) groups is 4. The quantitative estimate of drug-likeness (QED) is 0.624. The standard InChI is InChI=1S/C24H20N4O4/c1-13(29)25-20-11-14-4-2-3-5-17(14)22(26-20)15-6-7-18-16(10-15)12-28(24(18)32)19-8-9-21(30)27-23(19)31/h2-7,10-11,19H,8-9,12H2,1H3,(H,25,26,29)(H,27,30,31). The van der Waals surface area contributed by atoms with Crippen LogP contribution in [0.5, 0.6) is 0 Å². The van der Waals surface area contributed by atoms with E-state index < -0.39 is 11.9 Å². The van der Waals surface area contributed by atoms with Crippen LogP contribution in [-0.4, -0.2) is 39.6 Å². The molecule has 2 aromatic carbocycles. The molecule has 0 bridgehead atoms. The summed E-state index contributed by atoms with van der Waals surface area (Å²) in [5.74, 6) is -0.718. The Kier molecular flexibility index (Phi) is 4.70. The molecule has 3 aromatic rings. The number of imide groups is 1. The minimum atomic E-state index is -0.655. The molecule has 1 aromatic heterocycles. The van der Waals surface area contributed by atoms with Crippen molar-refractivity contribution in [2.24, 2.45) is 0 Å². The molecule has 1 atom stereocenters. The highest BCUT2D eigenvalue weighted by molar-refractivity contribution is 6.06. The Bertz CT molecular complexity index is 1320. The number of piperidine rings is 1. The van der Waals surface area contributed by atoms with Crippen molar-refractivity contribution in [3.05, 3.63) is 59.7 Å². The number of hydrogen-bond donors (Lipinski definition) is 2. The highest BCUT2D eigenvalue weighted by Crippen LogP contribution is 2.34. The molecule has 5 rings (SSSR count). The molecule has 0 aliphatic carbocycles. The number of rotatable bonds is 3. The first-order chi connectivity index (χ1) is 15.4. The van der Waals surface area contributed by atoms with Crippen molar-refractivity contribution < 1.29 is 19.2 Å². The van der Waals surface area contributed by atoms with Gasteiger partial charge in [0.1, 0.15) is 11.9 Å². The smallest absolute Gasteiger partial charge is 0.255 e. The number of carbonyl (C=O) groups excluding carboxylic acids is 4. The van der Waals surface area contributed by atoms with Crippen molar-refractivity contribution >= 4 is 40.2 Å². The lowest BCUT2D eigenvalue weighted by Crippen LogP contribution is -2.52. The number of benzene rings is 2. The number of fused-ring (bicyclic) bond motifs is 2. The van der Waals surface area contributed by atoms with Gasteiger partial charge in [0.05, 0.1) is 5.69 Å². The van der Waals surface area contributed by atoms with Crippen molar-refractivity contribution in [1.82, 2.24) is 15.2 Å². The average Bonchev–Trinajstić information content (AvgIpc) is 3.08. The predicted molar refractivity (Wildman–Crippen MR) is 118 cm³/mol. The molecular weight excluding hydrogens is 408 g/mol. The summed E-state index contributed by atoms with van der Waals surface area (Å²) in [6, 6.07) is 14.4. The first-order valence-electron chi connectivity index (χ1n) is 10.4. The Balaban J connectivity index is 1.53. The van der Waals surface area contributed by atoms with E-state index in [-0.39, 0.29) is 30.7 Å². The zero-order valence-electron chi connectivity index (χ0n) is 17.3. The lowest BCUT2D eigenvalue weighted by Gasteiger charge is -2.29. The van der Waals surface area contributed by atoms with Crippen LogP contribution in [0.15, 0.2) is 48.5 Å². The van der Waals surface area contributed by atoms with E-state index in [0.717, 1.165) is 21.9 Å². The van der Waals surface area contributed by atoms with Crippen LogP contribution in [0, 0.1) is 0 Å². The molecule has 32 heavy (non-hydrogen) atoms. The maximum Gasteiger partial charge on any atom is 0.255 e. The normalized spacial score (nSPS) is 18.0. The summed E-state index contributed by atoms with van der Waals surface area (Å²) in [4.78, 5) is 54.5. The predicted octanol–water partition coefficient (Wildman–Crippen LogP) is 2.62. The minimum absolute atomic E-state index is 0.210. The highest BCUT2D eigenvalue weighted by Gasteiger charge is 2.39. The van der Waals surface area contributed by atoms with Gasteiger partial charge >= 0.3 is 0 Å². The highest BCUT2D eigenvalue weighted by atomic mass is 16.2. The zero-order valence-corrected chi connectivity index (χ0v) is 17.3. The topological polar surface area (TPSA) is 108 Å². The van der Waals surface area contributed by atoms with Gasteiger partial charge in [-0.3, -0.25) is 24.5 Å². The Morgan fingerprint density at radius 1 is 1.12 bits per heavy atom. The molecule has 3 heterocycles. The maximum atomic E-state index is 13.0. The fourth-order valence-corrected chi connectivity index (χ4v) is 4.38. The molecule has 8 nitrogen and oxygen atoms in total. The molecule has 0 saturated carbocycles. The van der Waals surface area contributed by atoms with Gasteiger partial charge in [-0.25, -0.2) is 4.98 Å². The van der Waals surface area contributed by atoms with Crippen LogP contribution < -0.4 is 10.6 Å². The van der Waals surface area contributed by atoms with Gasteiger partial charge in [-0.15, -0.1) is 0 Å². The van der Waals surface area contributed by atoms with Gasteiger partial charge in [0.25, 0.3) is 5.91 Å². The van der Waals surface area contributed by atoms with E-state index in [9.17, 15) is 19.2 Å². The number of anilines is 1. The van der Waals surface area contributed by atoms with Gasteiger partial charge in [0.15, 0.2) is 0 Å². The monoisotopic (exact) mass is 428 g/mol. The number of aromatic nitrogens is 1. The molecule has 2 aliphatic rings. The number of amides is 4. The van der Waals surface area contributed by atoms with E-state index in [2.05, 4.69) is 15.6 Å². The van der Waals surface area contributed by atoms with Crippen molar-refractivity contribution in [2.75, 3.05) is 5.32 Å². The largest absolute Gasteiger partial charge is 0.322 e. The van der Waals surface area contributed by atoms with Gasteiger partial charge in [-0.1, -0.05) is 30.3 Å². The minimum Gasteiger partial charge on any atom is -0.322 e. The van der Waals surface area contributed by atoms with E-state index >= 15 is 0 Å². The molecule has 1 fully saturated rings. The van der Waals surface area contributed by atoms with Crippen molar-refractivity contribution in [3.63, 3.8) is 0 Å². The second kappa shape index (κ2) is 7.56. The summed E-state index contributed by atoms with van der Waals surface area (Å²) in [6.45, 7) is 1.72. The van der Waals surface area contributed by atoms with E-state index in [4.69, 9.17) is 0 Å². The summed E-state index contributed by atoms with van der Waals surface area (Å²) in [5.41, 5.74) is 2.85. The lowest BCUT2D eigenvalue weighted by molar-refractivity contribution is -0.137. The first-order valence-corrected chi connectivity index (χ1v) is 10.4. The van der Waals surface area contributed by atoms with Crippen molar-refractivity contribution in [3.8, 4) is 11.3 Å². The van der Waals surface area contributed by atoms with Gasteiger partial charge < -0.3 is 10.2 Å². The maximum absolute atomic E-state index is 13.0. The Morgan fingerprint density at radius 2 is 1.94 bits per heavy atom. The summed E-state index contributed by atoms with van der Waals surface area (Å²) in [5, 5.41) is 6.91. The Morgan fingerprint density at radius 3 is 2.72 bits per heavy atom. The third kappa shape index (κ3) is 3.39. The Labute approximate surface area is 183 Å². The van der Waals surface area contributed by atoms with Gasteiger partial charge in [-0.2, -0.15) is 0 Å². The van der Waals surface area contributed by atoms with Crippen LogP contribution in [0.1, 0.15) is 35.7 Å². The molecular formula is C24H20N4O4. The third-order valence-corrected chi connectivity index (χ3v) is 5.84. The summed E-state index contributed by atoms with van der Waals surface area (Å²) in [6.07, 6.45) is 0.538. The van der Waals surface area contributed by atoms with Crippen LogP contribution in [0.4, 0.5) is 5.82 Å². The fourth-order valence-electron chi connectivity index (χ4n) is 4.38. The lowest BCUT2D eigenvalue weighted by atomic mass is 10.00. The number of hydrogen-bond acceptors (Lipinski definition) is 5. The van der Waals surface area contributed by atoms with Gasteiger partial charge in [-0.05, 0) is 35.6 Å². The summed E-state index contributed by atoms with van der Waals surface area (Å²) in [7, 11) is 0. The van der Waals surface area contributed by atoms with Gasteiger partial charge in [0.2, 0.25) is 17.7 Å². The van der Waals surface area contributed by atoms with Crippen LogP contribution in [0.3, 0.4) is 0 Å². The fraction of sp³-hybridized carbons (Fsp3) is 0.208. The molecule has 4 amide bonds. The van der Waals surface area contributed by atoms with Gasteiger partial charge in [0, 0.05) is 36.4 Å². The molecule has 1 unspecified atom stereocenters. The van der Waals surface area contributed by atoms with Crippen molar-refractivity contribution in [1.29, 1.82) is 0 Å². The third-order valence-electron chi connectivity index (χ3n) is 5.84. The van der Waals surface area contributed by atoms with Crippen LogP contribution in [0.2, 0.25) is 0 Å². The second-order valence-corrected chi connectivity index (χ2v) is 8.03. The van der Waals surface area contributed by atoms with Crippen LogP contribution in [0.25, 0.3) is 22.0 Å². The SMILES string of the molecule is CC(=O)Nc1cc2ccccc2c(-c2ccc3c(c2)CN(C2CCC(=O)NC2=O)C3=O)n1. The average molecular weight is 428 g/mol. The first kappa shape index (κ1) is 19.9. The van der Waals surface area contributed by atoms with E-state index in [1.165, 1.54) is 11.8 Å². The Hall–Kier alpha value is -4.07. The molecule has 2 aliphatic heterocycles. The van der Waals surface area contributed by atoms with E-state index in [0.29, 0.717) is 23.5 Å². The summed E-state index contributed by atoms with van der Waals surface area (Å²) < 4.78 is 0. The zero-order chi connectivity index (χ0) is 22.4. The van der Waals surface area contributed by atoms with E-state index in [1.54, 1.807) is 6.07 Å². The number of pyridine rings is 1. The molecule has 160 valence electrons. The number of nitrogens with zero attached hydrogens (tertiary/aromatic N) is 2. The van der Waals surface area contributed by atoms with Crippen LogP contribution >= 0.6 is 0 Å².